The predicted molar refractivity (Wildman–Crippen MR) is 185 cm³/mol. The molecule has 4 heteroatoms. The molecule has 0 bridgehead atoms. The molecule has 0 radical (unpaired) electrons. The lowest BCUT2D eigenvalue weighted by molar-refractivity contribution is -0.123. The molecule has 0 rings (SSSR count). The minimum absolute atomic E-state index is 0.126. The summed E-state index contributed by atoms with van der Waals surface area (Å²) < 4.78 is 0. The summed E-state index contributed by atoms with van der Waals surface area (Å²) in [4.78, 5) is 24.1. The monoisotopic (exact) mass is 593 g/mol. The van der Waals surface area contributed by atoms with Gasteiger partial charge in [-0.05, 0) is 12.8 Å². The molecule has 0 fully saturated rings. The molecule has 0 aromatic heterocycles. The summed E-state index contributed by atoms with van der Waals surface area (Å²) in [5.41, 5.74) is 0. The van der Waals surface area contributed by atoms with Crippen molar-refractivity contribution in [2.75, 3.05) is 13.1 Å². The third kappa shape index (κ3) is 35.1. The summed E-state index contributed by atoms with van der Waals surface area (Å²) in [5, 5.41) is 5.91. The molecule has 0 saturated carbocycles. The fourth-order valence-corrected chi connectivity index (χ4v) is 5.89. The van der Waals surface area contributed by atoms with Crippen molar-refractivity contribution in [2.45, 2.75) is 219 Å². The second-order valence-electron chi connectivity index (χ2n) is 13.1. The van der Waals surface area contributed by atoms with E-state index in [0.29, 0.717) is 25.9 Å². The molecule has 0 heterocycles. The highest BCUT2D eigenvalue weighted by Crippen LogP contribution is 2.15. The zero-order chi connectivity index (χ0) is 30.6. The van der Waals surface area contributed by atoms with Gasteiger partial charge in [-0.1, -0.05) is 194 Å². The van der Waals surface area contributed by atoms with Crippen molar-refractivity contribution in [1.82, 2.24) is 10.6 Å². The Morgan fingerprint density at radius 3 is 0.714 bits per heavy atom. The quantitative estimate of drug-likeness (QED) is 0.0719. The highest BCUT2D eigenvalue weighted by Gasteiger charge is 2.03. The molecule has 0 aliphatic heterocycles. The van der Waals surface area contributed by atoms with E-state index in [2.05, 4.69) is 24.5 Å². The number of carbonyl (C=O) groups excluding carboxylic acids is 2. The Kier molecular flexibility index (Phi) is 35.2. The summed E-state index contributed by atoms with van der Waals surface area (Å²) in [6, 6.07) is 0. The van der Waals surface area contributed by atoms with E-state index in [4.69, 9.17) is 0 Å². The van der Waals surface area contributed by atoms with Gasteiger partial charge in [-0.2, -0.15) is 0 Å². The maximum atomic E-state index is 12.0. The van der Waals surface area contributed by atoms with Gasteiger partial charge >= 0.3 is 0 Å². The molecule has 250 valence electrons. The molecule has 2 N–H and O–H groups in total. The van der Waals surface area contributed by atoms with E-state index in [-0.39, 0.29) is 11.8 Å². The number of hydrogen-bond donors (Lipinski definition) is 2. The molecule has 0 aliphatic rings. The molecule has 0 spiro atoms. The molecular formula is C38H76N2O2. The van der Waals surface area contributed by atoms with E-state index in [1.807, 2.05) is 0 Å². The van der Waals surface area contributed by atoms with Crippen LogP contribution in [0.2, 0.25) is 0 Å². The Morgan fingerprint density at radius 1 is 0.310 bits per heavy atom. The first-order valence-corrected chi connectivity index (χ1v) is 19.2. The van der Waals surface area contributed by atoms with Crippen molar-refractivity contribution in [1.29, 1.82) is 0 Å². The first-order chi connectivity index (χ1) is 20.7. The summed E-state index contributed by atoms with van der Waals surface area (Å²) in [6.07, 6.45) is 41.5. The lowest BCUT2D eigenvalue weighted by atomic mass is 10.0. The number of nitrogens with one attached hydrogen (secondary N) is 2. The van der Waals surface area contributed by atoms with E-state index in [9.17, 15) is 9.59 Å². The van der Waals surface area contributed by atoms with Gasteiger partial charge in [-0.25, -0.2) is 0 Å². The molecule has 4 nitrogen and oxygen atoms in total. The number of carbonyl (C=O) groups is 2. The fourth-order valence-electron chi connectivity index (χ4n) is 5.89. The third-order valence-corrected chi connectivity index (χ3v) is 8.78. The number of unbranched alkanes of at least 4 members (excludes halogenated alkanes) is 28. The van der Waals surface area contributed by atoms with Gasteiger partial charge < -0.3 is 10.6 Å². The molecule has 0 unspecified atom stereocenters. The highest BCUT2D eigenvalue weighted by molar-refractivity contribution is 5.77. The summed E-state index contributed by atoms with van der Waals surface area (Å²) in [7, 11) is 0. The van der Waals surface area contributed by atoms with Crippen LogP contribution in [0, 0.1) is 0 Å². The van der Waals surface area contributed by atoms with Crippen molar-refractivity contribution in [3.05, 3.63) is 0 Å². The van der Waals surface area contributed by atoms with Crippen molar-refractivity contribution >= 4 is 11.8 Å². The normalized spacial score (nSPS) is 11.2. The second-order valence-corrected chi connectivity index (χ2v) is 13.1. The van der Waals surface area contributed by atoms with E-state index >= 15 is 0 Å². The van der Waals surface area contributed by atoms with E-state index in [1.165, 1.54) is 167 Å². The van der Waals surface area contributed by atoms with Crippen LogP contribution >= 0.6 is 0 Å². The lowest BCUT2D eigenvalue weighted by Gasteiger charge is -2.07. The summed E-state index contributed by atoms with van der Waals surface area (Å²) in [5.74, 6) is 0.253. The minimum Gasteiger partial charge on any atom is -0.354 e. The predicted octanol–water partition coefficient (Wildman–Crippen LogP) is 11.7. The van der Waals surface area contributed by atoms with Crippen LogP contribution < -0.4 is 10.6 Å². The average molecular weight is 593 g/mol. The summed E-state index contributed by atoms with van der Waals surface area (Å²) >= 11 is 0. The van der Waals surface area contributed by atoms with Crippen LogP contribution in [0.3, 0.4) is 0 Å². The van der Waals surface area contributed by atoms with Gasteiger partial charge in [0.15, 0.2) is 0 Å². The molecule has 0 aliphatic carbocycles. The Balaban J connectivity index is 3.26. The van der Waals surface area contributed by atoms with Gasteiger partial charge in [0.05, 0.1) is 0 Å². The average Bonchev–Trinajstić information content (AvgIpc) is 2.99. The van der Waals surface area contributed by atoms with E-state index in [1.54, 1.807) is 0 Å². The summed E-state index contributed by atoms with van der Waals surface area (Å²) in [6.45, 7) is 5.65. The molecule has 0 aromatic rings. The van der Waals surface area contributed by atoms with Crippen molar-refractivity contribution < 1.29 is 9.59 Å². The largest absolute Gasteiger partial charge is 0.354 e. The highest BCUT2D eigenvalue weighted by atomic mass is 16.2. The minimum atomic E-state index is 0.126. The Bertz CT molecular complexity index is 503. The number of rotatable bonds is 35. The van der Waals surface area contributed by atoms with Gasteiger partial charge in [-0.15, -0.1) is 0 Å². The second kappa shape index (κ2) is 36.1. The van der Waals surface area contributed by atoms with Crippen molar-refractivity contribution in [3.8, 4) is 0 Å². The van der Waals surface area contributed by atoms with Gasteiger partial charge in [-0.3, -0.25) is 9.59 Å². The molecule has 0 aromatic carbocycles. The first kappa shape index (κ1) is 40.9. The third-order valence-electron chi connectivity index (χ3n) is 8.78. The zero-order valence-electron chi connectivity index (χ0n) is 28.9. The maximum absolute atomic E-state index is 12.0. The standard InChI is InChI=1S/C38H76N2O2/c1-3-5-7-9-11-13-15-17-19-21-23-25-27-29-31-33-37(41)39-35-36-40-38(42)34-32-30-28-26-24-22-20-18-16-14-12-10-8-6-4-2/h3-36H2,1-2H3,(H,39,41)(H,40,42). The Labute approximate surface area is 264 Å². The van der Waals surface area contributed by atoms with E-state index < -0.39 is 0 Å². The first-order valence-electron chi connectivity index (χ1n) is 19.2. The van der Waals surface area contributed by atoms with Crippen LogP contribution in [0.25, 0.3) is 0 Å². The zero-order valence-corrected chi connectivity index (χ0v) is 28.9. The van der Waals surface area contributed by atoms with Gasteiger partial charge in [0.25, 0.3) is 0 Å². The molecule has 0 saturated heterocycles. The Morgan fingerprint density at radius 2 is 0.500 bits per heavy atom. The topological polar surface area (TPSA) is 58.2 Å². The van der Waals surface area contributed by atoms with Crippen LogP contribution in [0.4, 0.5) is 0 Å². The number of hydrogen-bond acceptors (Lipinski definition) is 2. The van der Waals surface area contributed by atoms with Crippen LogP contribution in [-0.4, -0.2) is 24.9 Å². The molecule has 0 atom stereocenters. The van der Waals surface area contributed by atoms with Gasteiger partial charge in [0.2, 0.25) is 11.8 Å². The van der Waals surface area contributed by atoms with Crippen LogP contribution in [0.1, 0.15) is 219 Å². The van der Waals surface area contributed by atoms with Crippen LogP contribution in [0.15, 0.2) is 0 Å². The SMILES string of the molecule is CCCCCCCCCCCCCCCCCC(=O)NCCNC(=O)CCCCCCCCCCCCCCCCC. The number of amides is 2. The van der Waals surface area contributed by atoms with Crippen LogP contribution in [-0.2, 0) is 9.59 Å². The van der Waals surface area contributed by atoms with Crippen LogP contribution in [0.5, 0.6) is 0 Å². The van der Waals surface area contributed by atoms with Gasteiger partial charge in [0.1, 0.15) is 0 Å². The molecule has 2 amide bonds. The van der Waals surface area contributed by atoms with Crippen molar-refractivity contribution in [2.24, 2.45) is 0 Å². The fraction of sp³-hybridized carbons (Fsp3) is 0.947. The van der Waals surface area contributed by atoms with E-state index in [0.717, 1.165) is 25.7 Å². The lowest BCUT2D eigenvalue weighted by Crippen LogP contribution is -2.34. The molecule has 42 heavy (non-hydrogen) atoms. The van der Waals surface area contributed by atoms with Gasteiger partial charge in [0, 0.05) is 25.9 Å². The maximum Gasteiger partial charge on any atom is 0.220 e. The smallest absolute Gasteiger partial charge is 0.220 e. The van der Waals surface area contributed by atoms with Crippen molar-refractivity contribution in [3.63, 3.8) is 0 Å². The Hall–Kier alpha value is -1.06. The molecular weight excluding hydrogens is 516 g/mol.